The van der Waals surface area contributed by atoms with Gasteiger partial charge in [-0.15, -0.1) is 0 Å². The molecule has 0 aliphatic rings. The van der Waals surface area contributed by atoms with E-state index in [9.17, 15) is 13.6 Å². The Morgan fingerprint density at radius 1 is 1.26 bits per heavy atom. The molecule has 1 aromatic carbocycles. The Hall–Kier alpha value is -2.30. The zero-order chi connectivity index (χ0) is 14.0. The minimum Gasteiger partial charge on any atom is -0.495 e. The van der Waals surface area contributed by atoms with Gasteiger partial charge in [-0.3, -0.25) is 9.78 Å². The molecule has 98 valence electrons. The fraction of sp³-hybridized carbons (Fsp3) is 0.143. The number of ketones is 1. The van der Waals surface area contributed by atoms with E-state index in [1.54, 1.807) is 0 Å². The molecule has 3 nitrogen and oxygen atoms in total. The number of pyridine rings is 1. The molecule has 2 rings (SSSR count). The number of hydrogen-bond acceptors (Lipinski definition) is 3. The van der Waals surface area contributed by atoms with Gasteiger partial charge in [0.1, 0.15) is 17.4 Å². The lowest BCUT2D eigenvalue weighted by atomic mass is 10.0. The molecule has 0 aliphatic carbocycles. The number of nitrogens with zero attached hydrogens (tertiary/aromatic N) is 1. The number of ether oxygens (including phenoxy) is 1. The third kappa shape index (κ3) is 2.45. The smallest absolute Gasteiger partial charge is 0.200 e. The number of halogens is 2. The normalized spacial score (nSPS) is 10.3. The second-order valence-corrected chi connectivity index (χ2v) is 4.00. The summed E-state index contributed by atoms with van der Waals surface area (Å²) >= 11 is 0. The highest BCUT2D eigenvalue weighted by atomic mass is 19.1. The van der Waals surface area contributed by atoms with Crippen LogP contribution in [-0.2, 0) is 0 Å². The van der Waals surface area contributed by atoms with E-state index in [0.29, 0.717) is 5.75 Å². The van der Waals surface area contributed by atoms with Crippen molar-refractivity contribution in [1.82, 2.24) is 4.98 Å². The van der Waals surface area contributed by atoms with E-state index in [0.717, 1.165) is 6.07 Å². The standard InChI is InChI=1S/C14H11F2NO2/c1-8-3-4-11(15)12(13(8)16)14(18)9-5-10(19-2)7-17-6-9/h3-7H,1-2H3. The lowest BCUT2D eigenvalue weighted by Gasteiger charge is -2.07. The number of methoxy groups -OCH3 is 1. The van der Waals surface area contributed by atoms with Crippen molar-refractivity contribution in [2.75, 3.05) is 7.11 Å². The highest BCUT2D eigenvalue weighted by Gasteiger charge is 2.21. The van der Waals surface area contributed by atoms with E-state index in [1.807, 2.05) is 0 Å². The molecule has 0 bridgehead atoms. The van der Waals surface area contributed by atoms with Crippen LogP contribution < -0.4 is 4.74 Å². The summed E-state index contributed by atoms with van der Waals surface area (Å²) in [5.41, 5.74) is -0.293. The van der Waals surface area contributed by atoms with Crippen LogP contribution in [0.3, 0.4) is 0 Å². The molecule has 5 heteroatoms. The highest BCUT2D eigenvalue weighted by Crippen LogP contribution is 2.21. The number of benzene rings is 1. The zero-order valence-corrected chi connectivity index (χ0v) is 10.4. The molecule has 19 heavy (non-hydrogen) atoms. The van der Waals surface area contributed by atoms with Crippen molar-refractivity contribution in [3.63, 3.8) is 0 Å². The van der Waals surface area contributed by atoms with E-state index >= 15 is 0 Å². The Kier molecular flexibility index (Phi) is 3.55. The Labute approximate surface area is 108 Å². The summed E-state index contributed by atoms with van der Waals surface area (Å²) in [7, 11) is 1.42. The first-order valence-corrected chi connectivity index (χ1v) is 5.53. The van der Waals surface area contributed by atoms with E-state index in [4.69, 9.17) is 4.74 Å². The van der Waals surface area contributed by atoms with Gasteiger partial charge in [0, 0.05) is 11.8 Å². The van der Waals surface area contributed by atoms with Crippen molar-refractivity contribution in [3.8, 4) is 5.75 Å². The van der Waals surface area contributed by atoms with Crippen molar-refractivity contribution in [1.29, 1.82) is 0 Å². The molecule has 0 aliphatic heterocycles. The molecule has 0 fully saturated rings. The maximum atomic E-state index is 13.9. The third-order valence-electron chi connectivity index (χ3n) is 2.72. The van der Waals surface area contributed by atoms with Crippen LogP contribution in [0.4, 0.5) is 8.78 Å². The maximum Gasteiger partial charge on any atom is 0.200 e. The average molecular weight is 263 g/mol. The predicted octanol–water partition coefficient (Wildman–Crippen LogP) is 2.91. The molecule has 0 unspecified atom stereocenters. The van der Waals surface area contributed by atoms with Crippen molar-refractivity contribution >= 4 is 5.78 Å². The van der Waals surface area contributed by atoms with Gasteiger partial charge in [-0.25, -0.2) is 8.78 Å². The third-order valence-corrected chi connectivity index (χ3v) is 2.72. The van der Waals surface area contributed by atoms with Crippen LogP contribution in [0.15, 0.2) is 30.6 Å². The van der Waals surface area contributed by atoms with Crippen molar-refractivity contribution < 1.29 is 18.3 Å². The summed E-state index contributed by atoms with van der Waals surface area (Å²) in [6.45, 7) is 1.47. The highest BCUT2D eigenvalue weighted by molar-refractivity contribution is 6.09. The van der Waals surface area contributed by atoms with Gasteiger partial charge >= 0.3 is 0 Å². The summed E-state index contributed by atoms with van der Waals surface area (Å²) in [4.78, 5) is 15.9. The van der Waals surface area contributed by atoms with Gasteiger partial charge in [0.15, 0.2) is 0 Å². The number of hydrogen-bond donors (Lipinski definition) is 0. The molecule has 1 heterocycles. The van der Waals surface area contributed by atoms with E-state index in [-0.39, 0.29) is 11.1 Å². The first-order valence-electron chi connectivity index (χ1n) is 5.53. The van der Waals surface area contributed by atoms with Crippen LogP contribution >= 0.6 is 0 Å². The second kappa shape index (κ2) is 5.14. The minimum atomic E-state index is -0.893. The molecule has 0 amide bonds. The number of carbonyl (C=O) groups is 1. The molecular formula is C14H11F2NO2. The van der Waals surface area contributed by atoms with Crippen molar-refractivity contribution in [3.05, 3.63) is 58.9 Å². The summed E-state index contributed by atoms with van der Waals surface area (Å²) in [6, 6.07) is 3.74. The van der Waals surface area contributed by atoms with Crippen LogP contribution in [0.5, 0.6) is 5.75 Å². The number of carbonyl (C=O) groups excluding carboxylic acids is 1. The Morgan fingerprint density at radius 3 is 2.68 bits per heavy atom. The maximum absolute atomic E-state index is 13.9. The first kappa shape index (κ1) is 13.1. The quantitative estimate of drug-likeness (QED) is 0.799. The summed E-state index contributed by atoms with van der Waals surface area (Å²) in [6.07, 6.45) is 2.64. The van der Waals surface area contributed by atoms with Gasteiger partial charge in [0.25, 0.3) is 0 Å². The molecule has 0 radical (unpaired) electrons. The average Bonchev–Trinajstić information content (AvgIpc) is 2.43. The topological polar surface area (TPSA) is 39.2 Å². The van der Waals surface area contributed by atoms with E-state index in [2.05, 4.69) is 4.98 Å². The number of aryl methyl sites for hydroxylation is 1. The van der Waals surface area contributed by atoms with Crippen LogP contribution in [-0.4, -0.2) is 17.9 Å². The number of rotatable bonds is 3. The molecule has 0 saturated heterocycles. The van der Waals surface area contributed by atoms with Crippen LogP contribution in [0, 0.1) is 18.6 Å². The van der Waals surface area contributed by atoms with E-state index < -0.39 is 23.0 Å². The molecular weight excluding hydrogens is 252 g/mol. The Morgan fingerprint density at radius 2 is 2.00 bits per heavy atom. The molecule has 0 spiro atoms. The molecule has 1 aromatic heterocycles. The second-order valence-electron chi connectivity index (χ2n) is 4.00. The van der Waals surface area contributed by atoms with Crippen molar-refractivity contribution in [2.45, 2.75) is 6.92 Å². The summed E-state index contributed by atoms with van der Waals surface area (Å²) in [5.74, 6) is -2.16. The largest absolute Gasteiger partial charge is 0.495 e. The molecule has 0 saturated carbocycles. The summed E-state index contributed by atoms with van der Waals surface area (Å²) < 4.78 is 32.4. The van der Waals surface area contributed by atoms with Crippen LogP contribution in [0.1, 0.15) is 21.5 Å². The summed E-state index contributed by atoms with van der Waals surface area (Å²) in [5, 5.41) is 0. The van der Waals surface area contributed by atoms with Gasteiger partial charge in [0.2, 0.25) is 5.78 Å². The van der Waals surface area contributed by atoms with Gasteiger partial charge in [-0.05, 0) is 24.6 Å². The fourth-order valence-electron chi connectivity index (χ4n) is 1.66. The Balaban J connectivity index is 2.53. The Bertz CT molecular complexity index is 641. The zero-order valence-electron chi connectivity index (χ0n) is 10.4. The predicted molar refractivity (Wildman–Crippen MR) is 65.3 cm³/mol. The molecule has 2 aromatic rings. The van der Waals surface area contributed by atoms with Gasteiger partial charge < -0.3 is 4.74 Å². The van der Waals surface area contributed by atoms with Crippen LogP contribution in [0.2, 0.25) is 0 Å². The molecule has 0 N–H and O–H groups in total. The van der Waals surface area contributed by atoms with E-state index in [1.165, 1.54) is 38.6 Å². The molecule has 0 atom stereocenters. The lowest BCUT2D eigenvalue weighted by Crippen LogP contribution is -2.09. The minimum absolute atomic E-state index is 0.0720. The van der Waals surface area contributed by atoms with Crippen molar-refractivity contribution in [2.24, 2.45) is 0 Å². The first-order chi connectivity index (χ1) is 9.04. The van der Waals surface area contributed by atoms with Crippen LogP contribution in [0.25, 0.3) is 0 Å². The van der Waals surface area contributed by atoms with Gasteiger partial charge in [-0.1, -0.05) is 6.07 Å². The lowest BCUT2D eigenvalue weighted by molar-refractivity contribution is 0.103. The van der Waals surface area contributed by atoms with Gasteiger partial charge in [0.05, 0.1) is 18.9 Å². The fourth-order valence-corrected chi connectivity index (χ4v) is 1.66. The SMILES string of the molecule is COc1cncc(C(=O)c2c(F)ccc(C)c2F)c1. The number of aromatic nitrogens is 1. The van der Waals surface area contributed by atoms with Gasteiger partial charge in [-0.2, -0.15) is 0 Å². The monoisotopic (exact) mass is 263 g/mol.